The Morgan fingerprint density at radius 2 is 2.13 bits per heavy atom. The average molecular weight is 334 g/mol. The van der Waals surface area contributed by atoms with E-state index in [4.69, 9.17) is 16.3 Å². The largest absolute Gasteiger partial charge is 0.494 e. The van der Waals surface area contributed by atoms with Gasteiger partial charge in [-0.3, -0.25) is 0 Å². The van der Waals surface area contributed by atoms with Crippen LogP contribution in [0.25, 0.3) is 10.9 Å². The van der Waals surface area contributed by atoms with Crippen molar-refractivity contribution in [1.29, 1.82) is 0 Å². The number of rotatable bonds is 1. The molecule has 0 aliphatic rings. The molecule has 0 amide bonds. The van der Waals surface area contributed by atoms with E-state index in [1.807, 2.05) is 25.1 Å². The van der Waals surface area contributed by atoms with Gasteiger partial charge < -0.3 is 4.74 Å². The first-order valence-corrected chi connectivity index (χ1v) is 5.89. The van der Waals surface area contributed by atoms with Gasteiger partial charge in [0.1, 0.15) is 11.3 Å². The van der Waals surface area contributed by atoms with E-state index in [1.165, 1.54) is 0 Å². The van der Waals surface area contributed by atoms with Crippen LogP contribution in [-0.4, -0.2) is 12.1 Å². The molecule has 0 bridgehead atoms. The van der Waals surface area contributed by atoms with Crippen LogP contribution in [0.15, 0.2) is 18.2 Å². The standard InChI is InChI=1S/C11H9ClINO/c1-6-10(13)9(12)7-4-3-5-8(15-2)11(7)14-6/h3-5H,1-2H3. The first kappa shape index (κ1) is 11.0. The number of methoxy groups -OCH3 is 1. The highest BCUT2D eigenvalue weighted by atomic mass is 127. The number of aromatic nitrogens is 1. The van der Waals surface area contributed by atoms with Gasteiger partial charge in [-0.1, -0.05) is 23.7 Å². The molecule has 1 aromatic heterocycles. The zero-order valence-electron chi connectivity index (χ0n) is 8.34. The fourth-order valence-electron chi connectivity index (χ4n) is 1.47. The lowest BCUT2D eigenvalue weighted by Crippen LogP contribution is -1.93. The van der Waals surface area contributed by atoms with Crippen molar-refractivity contribution in [3.05, 3.63) is 32.5 Å². The van der Waals surface area contributed by atoms with Gasteiger partial charge in [0.25, 0.3) is 0 Å². The predicted molar refractivity (Wildman–Crippen MR) is 70.8 cm³/mol. The van der Waals surface area contributed by atoms with Gasteiger partial charge in [0.05, 0.1) is 21.4 Å². The van der Waals surface area contributed by atoms with Gasteiger partial charge in [-0.25, -0.2) is 4.98 Å². The molecule has 0 aliphatic carbocycles. The SMILES string of the molecule is COc1cccc2c(Cl)c(I)c(C)nc12. The second kappa shape index (κ2) is 4.14. The fraction of sp³-hybridized carbons (Fsp3) is 0.182. The minimum Gasteiger partial charge on any atom is -0.494 e. The normalized spacial score (nSPS) is 10.7. The number of aryl methyl sites for hydroxylation is 1. The molecule has 0 saturated carbocycles. The Balaban J connectivity index is 2.91. The van der Waals surface area contributed by atoms with Gasteiger partial charge in [-0.2, -0.15) is 0 Å². The van der Waals surface area contributed by atoms with Crippen molar-refractivity contribution in [3.63, 3.8) is 0 Å². The summed E-state index contributed by atoms with van der Waals surface area (Å²) in [5.74, 6) is 0.758. The van der Waals surface area contributed by atoms with E-state index >= 15 is 0 Å². The molecule has 4 heteroatoms. The Morgan fingerprint density at radius 1 is 1.40 bits per heavy atom. The molecule has 0 N–H and O–H groups in total. The monoisotopic (exact) mass is 333 g/mol. The molecular weight excluding hydrogens is 324 g/mol. The third-order valence-corrected chi connectivity index (χ3v) is 4.28. The van der Waals surface area contributed by atoms with E-state index in [0.29, 0.717) is 0 Å². The lowest BCUT2D eigenvalue weighted by atomic mass is 10.2. The third kappa shape index (κ3) is 1.78. The van der Waals surface area contributed by atoms with Crippen LogP contribution in [0.5, 0.6) is 5.75 Å². The van der Waals surface area contributed by atoms with Crippen LogP contribution in [0.4, 0.5) is 0 Å². The zero-order chi connectivity index (χ0) is 11.0. The number of para-hydroxylation sites is 1. The zero-order valence-corrected chi connectivity index (χ0v) is 11.3. The second-order valence-electron chi connectivity index (χ2n) is 3.18. The molecule has 0 aliphatic heterocycles. The number of fused-ring (bicyclic) bond motifs is 1. The molecular formula is C11H9ClINO. The maximum absolute atomic E-state index is 6.26. The van der Waals surface area contributed by atoms with Gasteiger partial charge in [0, 0.05) is 5.39 Å². The fourth-order valence-corrected chi connectivity index (χ4v) is 2.17. The molecule has 15 heavy (non-hydrogen) atoms. The predicted octanol–water partition coefficient (Wildman–Crippen LogP) is 3.81. The van der Waals surface area contributed by atoms with Crippen molar-refractivity contribution < 1.29 is 4.74 Å². The minimum absolute atomic E-state index is 0.747. The molecule has 1 heterocycles. The number of halogens is 2. The van der Waals surface area contributed by atoms with Crippen LogP contribution in [0.3, 0.4) is 0 Å². The van der Waals surface area contributed by atoms with E-state index in [1.54, 1.807) is 7.11 Å². The topological polar surface area (TPSA) is 22.1 Å². The summed E-state index contributed by atoms with van der Waals surface area (Å²) in [6.45, 7) is 1.94. The Labute approximate surface area is 107 Å². The van der Waals surface area contributed by atoms with E-state index < -0.39 is 0 Å². The van der Waals surface area contributed by atoms with Gasteiger partial charge in [0.15, 0.2) is 0 Å². The maximum Gasteiger partial charge on any atom is 0.145 e. The molecule has 0 saturated heterocycles. The van der Waals surface area contributed by atoms with Crippen LogP contribution in [0.1, 0.15) is 5.69 Å². The molecule has 0 spiro atoms. The number of hydrogen-bond donors (Lipinski definition) is 0. The third-order valence-electron chi connectivity index (χ3n) is 2.25. The number of nitrogens with zero attached hydrogens (tertiary/aromatic N) is 1. The molecule has 2 nitrogen and oxygen atoms in total. The average Bonchev–Trinajstić information content (AvgIpc) is 2.25. The number of ether oxygens (including phenoxy) is 1. The summed E-state index contributed by atoms with van der Waals surface area (Å²) < 4.78 is 6.25. The number of benzene rings is 1. The summed E-state index contributed by atoms with van der Waals surface area (Å²) in [6.07, 6.45) is 0. The van der Waals surface area contributed by atoms with Crippen LogP contribution in [0.2, 0.25) is 5.02 Å². The summed E-state index contributed by atoms with van der Waals surface area (Å²) in [5.41, 5.74) is 1.75. The lowest BCUT2D eigenvalue weighted by molar-refractivity contribution is 0.419. The summed E-state index contributed by atoms with van der Waals surface area (Å²) in [4.78, 5) is 4.49. The van der Waals surface area contributed by atoms with Crippen molar-refractivity contribution >= 4 is 45.1 Å². The molecule has 0 radical (unpaired) electrons. The molecule has 0 unspecified atom stereocenters. The quantitative estimate of drug-likeness (QED) is 0.740. The molecule has 0 atom stereocenters. The first-order valence-electron chi connectivity index (χ1n) is 4.43. The van der Waals surface area contributed by atoms with Crippen LogP contribution in [-0.2, 0) is 0 Å². The molecule has 2 aromatic rings. The van der Waals surface area contributed by atoms with Crippen molar-refractivity contribution in [2.75, 3.05) is 7.11 Å². The summed E-state index contributed by atoms with van der Waals surface area (Å²) in [7, 11) is 1.64. The molecule has 1 aromatic carbocycles. The first-order chi connectivity index (χ1) is 7.15. The van der Waals surface area contributed by atoms with Crippen molar-refractivity contribution in [2.24, 2.45) is 0 Å². The van der Waals surface area contributed by atoms with Crippen molar-refractivity contribution in [2.45, 2.75) is 6.92 Å². The number of hydrogen-bond acceptors (Lipinski definition) is 2. The lowest BCUT2D eigenvalue weighted by Gasteiger charge is -2.08. The van der Waals surface area contributed by atoms with Gasteiger partial charge in [0.2, 0.25) is 0 Å². The van der Waals surface area contributed by atoms with Crippen LogP contribution in [0, 0.1) is 10.5 Å². The molecule has 2 rings (SSSR count). The van der Waals surface area contributed by atoms with Crippen molar-refractivity contribution in [1.82, 2.24) is 4.98 Å². The van der Waals surface area contributed by atoms with E-state index in [9.17, 15) is 0 Å². The maximum atomic E-state index is 6.26. The van der Waals surface area contributed by atoms with E-state index in [-0.39, 0.29) is 0 Å². The summed E-state index contributed by atoms with van der Waals surface area (Å²) in [6, 6.07) is 5.76. The van der Waals surface area contributed by atoms with Gasteiger partial charge >= 0.3 is 0 Å². The van der Waals surface area contributed by atoms with Crippen LogP contribution < -0.4 is 4.74 Å². The molecule has 0 fully saturated rings. The highest BCUT2D eigenvalue weighted by Gasteiger charge is 2.11. The van der Waals surface area contributed by atoms with E-state index in [0.717, 1.165) is 30.9 Å². The van der Waals surface area contributed by atoms with Crippen molar-refractivity contribution in [3.8, 4) is 5.75 Å². The molecule has 78 valence electrons. The Hall–Kier alpha value is -0.550. The summed E-state index contributed by atoms with van der Waals surface area (Å²) >= 11 is 8.46. The smallest absolute Gasteiger partial charge is 0.145 e. The van der Waals surface area contributed by atoms with Gasteiger partial charge in [-0.05, 0) is 35.6 Å². The highest BCUT2D eigenvalue weighted by molar-refractivity contribution is 14.1. The van der Waals surface area contributed by atoms with Gasteiger partial charge in [-0.15, -0.1) is 0 Å². The van der Waals surface area contributed by atoms with E-state index in [2.05, 4.69) is 27.6 Å². The Bertz CT molecular complexity index is 527. The highest BCUT2D eigenvalue weighted by Crippen LogP contribution is 2.33. The Kier molecular flexibility index (Phi) is 3.02. The summed E-state index contributed by atoms with van der Waals surface area (Å²) in [5, 5.41) is 1.68. The second-order valence-corrected chi connectivity index (χ2v) is 4.64. The van der Waals surface area contributed by atoms with Crippen LogP contribution >= 0.6 is 34.2 Å². The number of pyridine rings is 1. The minimum atomic E-state index is 0.747. The Morgan fingerprint density at radius 3 is 2.80 bits per heavy atom.